The van der Waals surface area contributed by atoms with E-state index in [1.54, 1.807) is 0 Å². The summed E-state index contributed by atoms with van der Waals surface area (Å²) >= 11 is 0. The molecule has 18 heavy (non-hydrogen) atoms. The van der Waals surface area contributed by atoms with E-state index in [0.717, 1.165) is 18.4 Å². The van der Waals surface area contributed by atoms with Gasteiger partial charge >= 0.3 is 0 Å². The maximum Gasteiger partial charge on any atom is 0.149 e. The molecule has 0 amide bonds. The molecular weight excluding hydrogens is 264 g/mol. The van der Waals surface area contributed by atoms with Crippen molar-refractivity contribution in [2.24, 2.45) is 0 Å². The number of methoxy groups -OCH3 is 1. The van der Waals surface area contributed by atoms with Crippen molar-refractivity contribution >= 4 is 9.84 Å². The second-order valence-corrected chi connectivity index (χ2v) is 6.12. The lowest BCUT2D eigenvalue weighted by atomic mass is 10.1. The molecule has 1 aromatic rings. The van der Waals surface area contributed by atoms with Crippen molar-refractivity contribution in [1.82, 2.24) is 5.32 Å². The Balaban J connectivity index is 3.22. The van der Waals surface area contributed by atoms with Gasteiger partial charge in [0.25, 0.3) is 0 Å². The fourth-order valence-electron chi connectivity index (χ4n) is 1.63. The molecule has 1 aromatic carbocycles. The first kappa shape index (κ1) is 14.8. The predicted octanol–water partition coefficient (Wildman–Crippen LogP) is 1.28. The fraction of sp³-hybridized carbons (Fsp3) is 0.455. The van der Waals surface area contributed by atoms with Gasteiger partial charge in [-0.2, -0.15) is 0 Å². The number of hydrogen-bond donors (Lipinski definition) is 1. The van der Waals surface area contributed by atoms with Gasteiger partial charge in [-0.25, -0.2) is 17.2 Å². The van der Waals surface area contributed by atoms with Crippen LogP contribution in [0.5, 0.6) is 5.75 Å². The Morgan fingerprint density at radius 1 is 1.33 bits per heavy atom. The number of hydrogen-bond acceptors (Lipinski definition) is 4. The van der Waals surface area contributed by atoms with E-state index in [-0.39, 0.29) is 17.1 Å². The molecule has 1 rings (SSSR count). The zero-order valence-electron chi connectivity index (χ0n) is 10.3. The van der Waals surface area contributed by atoms with E-state index in [1.807, 2.05) is 0 Å². The Labute approximate surface area is 105 Å². The van der Waals surface area contributed by atoms with E-state index in [2.05, 4.69) is 5.32 Å². The molecule has 0 heterocycles. The van der Waals surface area contributed by atoms with Crippen molar-refractivity contribution in [3.05, 3.63) is 29.3 Å². The highest BCUT2D eigenvalue weighted by Gasteiger charge is 2.23. The third kappa shape index (κ3) is 3.64. The average Bonchev–Trinajstić information content (AvgIpc) is 2.24. The zero-order valence-corrected chi connectivity index (χ0v) is 11.1. The first-order valence-electron chi connectivity index (χ1n) is 5.16. The summed E-state index contributed by atoms with van der Waals surface area (Å²) in [6.45, 7) is 0. The van der Waals surface area contributed by atoms with E-state index in [4.69, 9.17) is 4.74 Å². The lowest BCUT2D eigenvalue weighted by Crippen LogP contribution is -2.26. The van der Waals surface area contributed by atoms with Gasteiger partial charge in [0.1, 0.15) is 27.2 Å². The Morgan fingerprint density at radius 2 is 1.83 bits per heavy atom. The minimum absolute atomic E-state index is 0.0444. The minimum atomic E-state index is -3.36. The minimum Gasteiger partial charge on any atom is -0.497 e. The number of benzene rings is 1. The van der Waals surface area contributed by atoms with Crippen molar-refractivity contribution in [3.63, 3.8) is 0 Å². The largest absolute Gasteiger partial charge is 0.497 e. The predicted molar refractivity (Wildman–Crippen MR) is 64.4 cm³/mol. The summed E-state index contributed by atoms with van der Waals surface area (Å²) in [4.78, 5) is 0. The highest BCUT2D eigenvalue weighted by molar-refractivity contribution is 7.90. The fourth-order valence-corrected chi connectivity index (χ4v) is 2.56. The molecule has 102 valence electrons. The molecule has 0 saturated carbocycles. The monoisotopic (exact) mass is 279 g/mol. The number of ether oxygens (including phenoxy) is 1. The molecule has 0 saturated heterocycles. The van der Waals surface area contributed by atoms with Gasteiger partial charge in [0.2, 0.25) is 0 Å². The van der Waals surface area contributed by atoms with E-state index >= 15 is 0 Å². The van der Waals surface area contributed by atoms with Crippen molar-refractivity contribution in [1.29, 1.82) is 0 Å². The van der Waals surface area contributed by atoms with Crippen molar-refractivity contribution < 1.29 is 21.9 Å². The molecule has 1 unspecified atom stereocenters. The van der Waals surface area contributed by atoms with E-state index in [9.17, 15) is 17.2 Å². The SMILES string of the molecule is CNC(CS(C)(=O)=O)c1c(F)cc(OC)cc1F. The molecule has 0 aliphatic heterocycles. The summed E-state index contributed by atoms with van der Waals surface area (Å²) in [5.74, 6) is -2.02. The van der Waals surface area contributed by atoms with Gasteiger partial charge in [-0.1, -0.05) is 0 Å². The van der Waals surface area contributed by atoms with Gasteiger partial charge < -0.3 is 10.1 Å². The first-order chi connectivity index (χ1) is 8.28. The third-order valence-corrected chi connectivity index (χ3v) is 3.39. The molecule has 0 bridgehead atoms. The maximum atomic E-state index is 13.8. The van der Waals surface area contributed by atoms with Crippen LogP contribution in [0.4, 0.5) is 8.78 Å². The molecular formula is C11H15F2NO3S. The Bertz CT molecular complexity index is 508. The second-order valence-electron chi connectivity index (χ2n) is 3.94. The highest BCUT2D eigenvalue weighted by Crippen LogP contribution is 2.26. The zero-order chi connectivity index (χ0) is 13.9. The summed E-state index contributed by atoms with van der Waals surface area (Å²) in [6, 6.07) is 1.10. The van der Waals surface area contributed by atoms with Crippen molar-refractivity contribution in [2.75, 3.05) is 26.2 Å². The summed E-state index contributed by atoms with van der Waals surface area (Å²) < 4.78 is 54.7. The topological polar surface area (TPSA) is 55.4 Å². The molecule has 0 spiro atoms. The number of nitrogens with one attached hydrogen (secondary N) is 1. The van der Waals surface area contributed by atoms with Gasteiger partial charge in [0.15, 0.2) is 0 Å². The molecule has 1 atom stereocenters. The molecule has 7 heteroatoms. The van der Waals surface area contributed by atoms with Crippen LogP contribution in [0.25, 0.3) is 0 Å². The summed E-state index contributed by atoms with van der Waals surface area (Å²) in [5, 5.41) is 2.59. The van der Waals surface area contributed by atoms with Crippen LogP contribution in [0.3, 0.4) is 0 Å². The van der Waals surface area contributed by atoms with Gasteiger partial charge in [0, 0.05) is 24.0 Å². The average molecular weight is 279 g/mol. The van der Waals surface area contributed by atoms with Gasteiger partial charge in [-0.3, -0.25) is 0 Å². The molecule has 1 N–H and O–H groups in total. The van der Waals surface area contributed by atoms with Gasteiger partial charge in [0.05, 0.1) is 18.9 Å². The number of rotatable bonds is 5. The van der Waals surface area contributed by atoms with Crippen LogP contribution in [-0.4, -0.2) is 34.6 Å². The van der Waals surface area contributed by atoms with Crippen LogP contribution >= 0.6 is 0 Å². The molecule has 0 aromatic heterocycles. The molecule has 4 nitrogen and oxygen atoms in total. The lowest BCUT2D eigenvalue weighted by molar-refractivity contribution is 0.403. The van der Waals surface area contributed by atoms with Crippen molar-refractivity contribution in [3.8, 4) is 5.75 Å². The Morgan fingerprint density at radius 3 is 2.17 bits per heavy atom. The number of sulfone groups is 1. The third-order valence-electron chi connectivity index (χ3n) is 2.45. The summed E-state index contributed by atoms with van der Waals surface area (Å²) in [7, 11) is -0.625. The Hall–Kier alpha value is -1.21. The molecule has 0 radical (unpaired) electrons. The van der Waals surface area contributed by atoms with Crippen LogP contribution < -0.4 is 10.1 Å². The van der Waals surface area contributed by atoms with Crippen LogP contribution in [0, 0.1) is 11.6 Å². The van der Waals surface area contributed by atoms with E-state index in [0.29, 0.717) is 0 Å². The maximum absolute atomic E-state index is 13.8. The second kappa shape index (κ2) is 5.62. The highest BCUT2D eigenvalue weighted by atomic mass is 32.2. The first-order valence-corrected chi connectivity index (χ1v) is 7.22. The van der Waals surface area contributed by atoms with Crippen LogP contribution in [0.2, 0.25) is 0 Å². The smallest absolute Gasteiger partial charge is 0.149 e. The normalized spacial score (nSPS) is 13.4. The van der Waals surface area contributed by atoms with E-state index < -0.39 is 27.5 Å². The summed E-state index contributed by atoms with van der Waals surface area (Å²) in [6.07, 6.45) is 1.01. The molecule has 0 aliphatic carbocycles. The standard InChI is InChI=1S/C11H15F2NO3S/c1-14-10(6-18(3,15)16)11-8(12)4-7(17-2)5-9(11)13/h4-5,10,14H,6H2,1-3H3. The van der Waals surface area contributed by atoms with Crippen LogP contribution in [0.1, 0.15) is 11.6 Å². The number of halogens is 2. The van der Waals surface area contributed by atoms with Gasteiger partial charge in [-0.15, -0.1) is 0 Å². The van der Waals surface area contributed by atoms with Crippen LogP contribution in [0.15, 0.2) is 12.1 Å². The molecule has 0 aliphatic rings. The van der Waals surface area contributed by atoms with Crippen molar-refractivity contribution in [2.45, 2.75) is 6.04 Å². The molecule has 0 fully saturated rings. The van der Waals surface area contributed by atoms with E-state index in [1.165, 1.54) is 14.2 Å². The van der Waals surface area contributed by atoms with Gasteiger partial charge in [-0.05, 0) is 7.05 Å². The quantitative estimate of drug-likeness (QED) is 0.882. The lowest BCUT2D eigenvalue weighted by Gasteiger charge is -2.17. The van der Waals surface area contributed by atoms with Crippen LogP contribution in [-0.2, 0) is 9.84 Å². The Kier molecular flexibility index (Phi) is 4.64. The summed E-state index contributed by atoms with van der Waals surface area (Å²) in [5.41, 5.74) is -0.302.